The third-order valence-electron chi connectivity index (χ3n) is 5.19. The van der Waals surface area contributed by atoms with Gasteiger partial charge in [0, 0.05) is 26.7 Å². The Balaban J connectivity index is 1.68. The van der Waals surface area contributed by atoms with Crippen LogP contribution in [0.5, 0.6) is 0 Å². The summed E-state index contributed by atoms with van der Waals surface area (Å²) in [5.74, 6) is 0.292. The van der Waals surface area contributed by atoms with Crippen LogP contribution in [-0.2, 0) is 14.2 Å². The lowest BCUT2D eigenvalue weighted by Crippen LogP contribution is -2.56. The van der Waals surface area contributed by atoms with E-state index in [1.54, 1.807) is 7.11 Å². The zero-order valence-corrected chi connectivity index (χ0v) is 11.2. The Morgan fingerprint density at radius 3 is 2.67 bits per heavy atom. The Morgan fingerprint density at radius 2 is 2.11 bits per heavy atom. The summed E-state index contributed by atoms with van der Waals surface area (Å²) in [6, 6.07) is 0. The molecule has 4 heteroatoms. The van der Waals surface area contributed by atoms with E-state index in [-0.39, 0.29) is 17.3 Å². The number of hydrogen-bond donors (Lipinski definition) is 1. The fourth-order valence-electron chi connectivity index (χ4n) is 3.77. The van der Waals surface area contributed by atoms with E-state index in [0.29, 0.717) is 12.5 Å². The molecule has 0 radical (unpaired) electrons. The summed E-state index contributed by atoms with van der Waals surface area (Å²) in [5, 5.41) is 10.7. The summed E-state index contributed by atoms with van der Waals surface area (Å²) in [4.78, 5) is 0. The summed E-state index contributed by atoms with van der Waals surface area (Å²) in [6.45, 7) is 2.22. The summed E-state index contributed by atoms with van der Waals surface area (Å²) in [6.07, 6.45) is 5.63. The van der Waals surface area contributed by atoms with Crippen LogP contribution in [-0.4, -0.2) is 49.3 Å². The number of rotatable bonds is 3. The predicted octanol–water partition coefficient (Wildman–Crippen LogP) is 1.50. The molecule has 1 saturated carbocycles. The van der Waals surface area contributed by atoms with Crippen molar-refractivity contribution in [2.45, 2.75) is 55.8 Å². The molecule has 3 atom stereocenters. The molecule has 0 bridgehead atoms. The van der Waals surface area contributed by atoms with Crippen molar-refractivity contribution in [3.05, 3.63) is 0 Å². The van der Waals surface area contributed by atoms with E-state index in [1.807, 2.05) is 0 Å². The first-order chi connectivity index (χ1) is 8.70. The van der Waals surface area contributed by atoms with E-state index in [4.69, 9.17) is 14.2 Å². The standard InChI is InChI=1S/C14H24O4/c1-16-14(4-2-5-14)12(15)11-3-7-18-13(9-11)6-8-17-10-13/h11-12,15H,2-10H2,1H3. The first-order valence-corrected chi connectivity index (χ1v) is 7.15. The molecule has 4 nitrogen and oxygen atoms in total. The van der Waals surface area contributed by atoms with Gasteiger partial charge in [-0.25, -0.2) is 0 Å². The summed E-state index contributed by atoms with van der Waals surface area (Å²) >= 11 is 0. The molecule has 2 heterocycles. The Hall–Kier alpha value is -0.160. The van der Waals surface area contributed by atoms with Crippen LogP contribution in [0.3, 0.4) is 0 Å². The fourth-order valence-corrected chi connectivity index (χ4v) is 3.77. The third kappa shape index (κ3) is 1.99. The van der Waals surface area contributed by atoms with Crippen LogP contribution in [0, 0.1) is 5.92 Å². The molecule has 3 fully saturated rings. The number of aliphatic hydroxyl groups excluding tert-OH is 1. The minimum atomic E-state index is -0.349. The molecule has 0 aromatic rings. The quantitative estimate of drug-likeness (QED) is 0.831. The van der Waals surface area contributed by atoms with Crippen LogP contribution in [0.15, 0.2) is 0 Å². The van der Waals surface area contributed by atoms with Crippen molar-refractivity contribution in [3.8, 4) is 0 Å². The van der Waals surface area contributed by atoms with E-state index in [2.05, 4.69) is 0 Å². The van der Waals surface area contributed by atoms with E-state index >= 15 is 0 Å². The Labute approximate surface area is 109 Å². The van der Waals surface area contributed by atoms with Gasteiger partial charge in [0.15, 0.2) is 0 Å². The maximum atomic E-state index is 10.7. The average molecular weight is 256 g/mol. The number of ether oxygens (including phenoxy) is 3. The summed E-state index contributed by atoms with van der Waals surface area (Å²) < 4.78 is 17.0. The highest BCUT2D eigenvalue weighted by molar-refractivity contribution is 5.02. The maximum absolute atomic E-state index is 10.7. The van der Waals surface area contributed by atoms with E-state index < -0.39 is 0 Å². The van der Waals surface area contributed by atoms with Gasteiger partial charge in [-0.1, -0.05) is 0 Å². The zero-order chi connectivity index (χ0) is 12.6. The highest BCUT2D eigenvalue weighted by Crippen LogP contribution is 2.45. The van der Waals surface area contributed by atoms with E-state index in [0.717, 1.165) is 45.3 Å². The molecule has 0 aromatic heterocycles. The summed E-state index contributed by atoms with van der Waals surface area (Å²) in [5.41, 5.74) is -0.398. The van der Waals surface area contributed by atoms with Crippen LogP contribution in [0.4, 0.5) is 0 Å². The van der Waals surface area contributed by atoms with Crippen molar-refractivity contribution in [2.24, 2.45) is 5.92 Å². The van der Waals surface area contributed by atoms with Gasteiger partial charge in [0.1, 0.15) is 0 Å². The van der Waals surface area contributed by atoms with Crippen LogP contribution in [0.2, 0.25) is 0 Å². The van der Waals surface area contributed by atoms with Gasteiger partial charge in [-0.05, 0) is 38.0 Å². The minimum Gasteiger partial charge on any atom is -0.390 e. The van der Waals surface area contributed by atoms with Gasteiger partial charge < -0.3 is 19.3 Å². The first kappa shape index (κ1) is 12.9. The fraction of sp³-hybridized carbons (Fsp3) is 1.00. The Kier molecular flexibility index (Phi) is 3.39. The molecule has 2 saturated heterocycles. The lowest BCUT2D eigenvalue weighted by Gasteiger charge is -2.49. The molecular formula is C14H24O4. The molecule has 0 amide bonds. The van der Waals surface area contributed by atoms with Gasteiger partial charge in [-0.3, -0.25) is 0 Å². The molecule has 3 aliphatic rings. The lowest BCUT2D eigenvalue weighted by molar-refractivity contribution is -0.193. The van der Waals surface area contributed by atoms with Crippen LogP contribution >= 0.6 is 0 Å². The molecule has 1 N–H and O–H groups in total. The number of hydrogen-bond acceptors (Lipinski definition) is 4. The first-order valence-electron chi connectivity index (χ1n) is 7.15. The molecule has 1 aliphatic carbocycles. The minimum absolute atomic E-state index is 0.122. The van der Waals surface area contributed by atoms with Gasteiger partial charge in [0.05, 0.1) is 23.9 Å². The molecule has 104 valence electrons. The zero-order valence-electron chi connectivity index (χ0n) is 11.2. The van der Waals surface area contributed by atoms with Crippen molar-refractivity contribution in [3.63, 3.8) is 0 Å². The molecular weight excluding hydrogens is 232 g/mol. The van der Waals surface area contributed by atoms with Crippen molar-refractivity contribution in [2.75, 3.05) is 26.9 Å². The number of aliphatic hydroxyl groups is 1. The van der Waals surface area contributed by atoms with Gasteiger partial charge >= 0.3 is 0 Å². The highest BCUT2D eigenvalue weighted by atomic mass is 16.6. The molecule has 3 rings (SSSR count). The van der Waals surface area contributed by atoms with Crippen molar-refractivity contribution < 1.29 is 19.3 Å². The van der Waals surface area contributed by atoms with Gasteiger partial charge in [0.25, 0.3) is 0 Å². The monoisotopic (exact) mass is 256 g/mol. The second kappa shape index (κ2) is 4.75. The maximum Gasteiger partial charge on any atom is 0.0940 e. The topological polar surface area (TPSA) is 47.9 Å². The SMILES string of the molecule is COC1(C(O)C2CCOC3(CCOC3)C2)CCC1. The van der Waals surface area contributed by atoms with E-state index in [1.165, 1.54) is 6.42 Å². The van der Waals surface area contributed by atoms with Crippen LogP contribution in [0.25, 0.3) is 0 Å². The van der Waals surface area contributed by atoms with Crippen LogP contribution < -0.4 is 0 Å². The Morgan fingerprint density at radius 1 is 1.28 bits per heavy atom. The van der Waals surface area contributed by atoms with Gasteiger partial charge in [-0.2, -0.15) is 0 Å². The highest BCUT2D eigenvalue weighted by Gasteiger charge is 2.51. The van der Waals surface area contributed by atoms with E-state index in [9.17, 15) is 5.11 Å². The summed E-state index contributed by atoms with van der Waals surface area (Å²) in [7, 11) is 1.73. The smallest absolute Gasteiger partial charge is 0.0940 e. The second-order valence-electron chi connectivity index (χ2n) is 6.15. The average Bonchev–Trinajstić information content (AvgIpc) is 2.76. The van der Waals surface area contributed by atoms with Gasteiger partial charge in [0.2, 0.25) is 0 Å². The number of methoxy groups -OCH3 is 1. The molecule has 0 aromatic carbocycles. The third-order valence-corrected chi connectivity index (χ3v) is 5.19. The van der Waals surface area contributed by atoms with Crippen molar-refractivity contribution in [1.29, 1.82) is 0 Å². The molecule has 1 spiro atoms. The van der Waals surface area contributed by atoms with Crippen LogP contribution in [0.1, 0.15) is 38.5 Å². The molecule has 3 unspecified atom stereocenters. The normalized spacial score (nSPS) is 40.7. The molecule has 2 aliphatic heterocycles. The predicted molar refractivity (Wildman–Crippen MR) is 66.4 cm³/mol. The van der Waals surface area contributed by atoms with Crippen molar-refractivity contribution in [1.82, 2.24) is 0 Å². The Bertz CT molecular complexity index is 289. The van der Waals surface area contributed by atoms with Crippen molar-refractivity contribution >= 4 is 0 Å². The second-order valence-corrected chi connectivity index (χ2v) is 6.15. The molecule has 18 heavy (non-hydrogen) atoms. The lowest BCUT2D eigenvalue weighted by atomic mass is 9.68. The largest absolute Gasteiger partial charge is 0.390 e. The van der Waals surface area contributed by atoms with Gasteiger partial charge in [-0.15, -0.1) is 0 Å².